The van der Waals surface area contributed by atoms with Crippen LogP contribution in [-0.2, 0) is 11.3 Å². The van der Waals surface area contributed by atoms with Crippen LogP contribution in [-0.4, -0.2) is 34.7 Å². The van der Waals surface area contributed by atoms with Crippen LogP contribution < -0.4 is 10.5 Å². The first-order valence-electron chi connectivity index (χ1n) is 5.77. The molecule has 7 nitrogen and oxygen atoms in total. The van der Waals surface area contributed by atoms with Crippen LogP contribution in [0.25, 0.3) is 0 Å². The number of nitrogens with two attached hydrogens (primary N) is 1. The Morgan fingerprint density at radius 3 is 2.75 bits per heavy atom. The second-order valence-electron chi connectivity index (χ2n) is 3.84. The van der Waals surface area contributed by atoms with Crippen molar-refractivity contribution in [3.63, 3.8) is 0 Å². The highest BCUT2D eigenvalue weighted by Crippen LogP contribution is 2.15. The Labute approximate surface area is 120 Å². The van der Waals surface area contributed by atoms with Gasteiger partial charge in [-0.25, -0.2) is 9.48 Å². The number of benzene rings is 1. The maximum Gasteiger partial charge on any atom is 0.362 e. The van der Waals surface area contributed by atoms with Gasteiger partial charge in [-0.1, -0.05) is 16.8 Å². The number of esters is 1. The van der Waals surface area contributed by atoms with Crippen LogP contribution in [0.15, 0.2) is 24.3 Å². The molecule has 0 aliphatic heterocycles. The van der Waals surface area contributed by atoms with E-state index in [2.05, 4.69) is 15.0 Å². The lowest BCUT2D eigenvalue weighted by atomic mass is 10.3. The summed E-state index contributed by atoms with van der Waals surface area (Å²) in [4.78, 5) is 11.3. The minimum atomic E-state index is -0.618. The van der Waals surface area contributed by atoms with Gasteiger partial charge >= 0.3 is 5.97 Å². The zero-order valence-corrected chi connectivity index (χ0v) is 11.5. The Morgan fingerprint density at radius 2 is 2.10 bits per heavy atom. The van der Waals surface area contributed by atoms with Crippen LogP contribution in [0.2, 0.25) is 5.02 Å². The molecule has 106 valence electrons. The fraction of sp³-hybridized carbons (Fsp3) is 0.250. The summed E-state index contributed by atoms with van der Waals surface area (Å²) < 4.78 is 11.4. The molecule has 2 aromatic rings. The highest BCUT2D eigenvalue weighted by Gasteiger charge is 2.17. The molecule has 0 saturated heterocycles. The number of hydrogen-bond acceptors (Lipinski definition) is 6. The average molecular weight is 297 g/mol. The summed E-state index contributed by atoms with van der Waals surface area (Å²) in [5.41, 5.74) is 5.74. The third-order valence-electron chi connectivity index (χ3n) is 2.54. The number of anilines is 1. The number of halogens is 1. The monoisotopic (exact) mass is 296 g/mol. The van der Waals surface area contributed by atoms with Gasteiger partial charge in [-0.2, -0.15) is 0 Å². The van der Waals surface area contributed by atoms with Gasteiger partial charge in [0.2, 0.25) is 5.69 Å². The highest BCUT2D eigenvalue weighted by atomic mass is 35.5. The standard InChI is InChI=1S/C12H13ClN4O3/c1-19-12(18)10-11(14)17(16-15-10)6-7-20-9-4-2-8(13)3-5-9/h2-5H,6-7,14H2,1H3. The molecular formula is C12H13ClN4O3. The number of nitrogens with zero attached hydrogens (tertiary/aromatic N) is 3. The quantitative estimate of drug-likeness (QED) is 0.838. The van der Waals surface area contributed by atoms with Crippen LogP contribution in [0.5, 0.6) is 5.75 Å². The summed E-state index contributed by atoms with van der Waals surface area (Å²) in [5.74, 6) is 0.213. The van der Waals surface area contributed by atoms with Gasteiger partial charge in [-0.15, -0.1) is 5.10 Å². The zero-order valence-electron chi connectivity index (χ0n) is 10.7. The second kappa shape index (κ2) is 6.25. The molecule has 8 heteroatoms. The maximum absolute atomic E-state index is 11.3. The summed E-state index contributed by atoms with van der Waals surface area (Å²) in [5, 5.41) is 8.07. The van der Waals surface area contributed by atoms with Gasteiger partial charge in [0.1, 0.15) is 12.4 Å². The lowest BCUT2D eigenvalue weighted by molar-refractivity contribution is 0.0595. The van der Waals surface area contributed by atoms with Gasteiger partial charge in [-0.05, 0) is 24.3 Å². The van der Waals surface area contributed by atoms with Crippen molar-refractivity contribution in [1.29, 1.82) is 0 Å². The van der Waals surface area contributed by atoms with Crippen molar-refractivity contribution in [2.75, 3.05) is 19.5 Å². The van der Waals surface area contributed by atoms with Gasteiger partial charge in [0.05, 0.1) is 13.7 Å². The number of hydrogen-bond donors (Lipinski definition) is 1. The maximum atomic E-state index is 11.3. The molecular weight excluding hydrogens is 284 g/mol. The molecule has 0 aliphatic carbocycles. The number of aromatic nitrogens is 3. The van der Waals surface area contributed by atoms with Crippen molar-refractivity contribution in [1.82, 2.24) is 15.0 Å². The summed E-state index contributed by atoms with van der Waals surface area (Å²) in [6, 6.07) is 6.98. The molecule has 0 fully saturated rings. The highest BCUT2D eigenvalue weighted by molar-refractivity contribution is 6.30. The summed E-state index contributed by atoms with van der Waals surface area (Å²) in [6.07, 6.45) is 0. The number of nitrogen functional groups attached to an aromatic ring is 1. The molecule has 1 aromatic carbocycles. The van der Waals surface area contributed by atoms with Crippen molar-refractivity contribution >= 4 is 23.4 Å². The average Bonchev–Trinajstić information content (AvgIpc) is 2.82. The predicted molar refractivity (Wildman–Crippen MR) is 72.7 cm³/mol. The fourth-order valence-corrected chi connectivity index (χ4v) is 1.63. The number of methoxy groups -OCH3 is 1. The van der Waals surface area contributed by atoms with Crippen molar-refractivity contribution in [2.45, 2.75) is 6.54 Å². The molecule has 0 spiro atoms. The zero-order chi connectivity index (χ0) is 14.5. The Balaban J connectivity index is 1.93. The number of carbonyl (C=O) groups excluding carboxylic acids is 1. The Kier molecular flexibility index (Phi) is 4.41. The lowest BCUT2D eigenvalue weighted by Crippen LogP contribution is -2.13. The van der Waals surface area contributed by atoms with Crippen LogP contribution >= 0.6 is 11.6 Å². The summed E-state index contributed by atoms with van der Waals surface area (Å²) in [7, 11) is 1.25. The van der Waals surface area contributed by atoms with Gasteiger partial charge in [-0.3, -0.25) is 0 Å². The van der Waals surface area contributed by atoms with E-state index in [0.29, 0.717) is 23.9 Å². The topological polar surface area (TPSA) is 92.3 Å². The SMILES string of the molecule is COC(=O)c1nnn(CCOc2ccc(Cl)cc2)c1N. The molecule has 1 aromatic heterocycles. The third kappa shape index (κ3) is 3.18. The first-order chi connectivity index (χ1) is 9.61. The fourth-order valence-electron chi connectivity index (χ4n) is 1.51. The lowest BCUT2D eigenvalue weighted by Gasteiger charge is -2.06. The van der Waals surface area contributed by atoms with Gasteiger partial charge in [0.15, 0.2) is 5.82 Å². The van der Waals surface area contributed by atoms with E-state index in [4.69, 9.17) is 22.1 Å². The van der Waals surface area contributed by atoms with Gasteiger partial charge < -0.3 is 15.2 Å². The van der Waals surface area contributed by atoms with Crippen LogP contribution in [0.1, 0.15) is 10.5 Å². The molecule has 0 saturated carbocycles. The normalized spacial score (nSPS) is 10.3. The molecule has 20 heavy (non-hydrogen) atoms. The second-order valence-corrected chi connectivity index (χ2v) is 4.28. The van der Waals surface area contributed by atoms with E-state index in [1.54, 1.807) is 24.3 Å². The van der Waals surface area contributed by atoms with E-state index in [0.717, 1.165) is 0 Å². The third-order valence-corrected chi connectivity index (χ3v) is 2.79. The van der Waals surface area contributed by atoms with E-state index in [9.17, 15) is 4.79 Å². The van der Waals surface area contributed by atoms with E-state index < -0.39 is 5.97 Å². The first kappa shape index (κ1) is 14.1. The van der Waals surface area contributed by atoms with E-state index in [-0.39, 0.29) is 11.5 Å². The molecule has 0 radical (unpaired) electrons. The predicted octanol–water partition coefficient (Wildman–Crippen LogP) is 1.38. The molecule has 0 bridgehead atoms. The van der Waals surface area contributed by atoms with Crippen molar-refractivity contribution in [2.24, 2.45) is 0 Å². The first-order valence-corrected chi connectivity index (χ1v) is 6.15. The number of ether oxygens (including phenoxy) is 2. The summed E-state index contributed by atoms with van der Waals surface area (Å²) in [6.45, 7) is 0.689. The molecule has 0 unspecified atom stereocenters. The molecule has 2 N–H and O–H groups in total. The van der Waals surface area contributed by atoms with Crippen molar-refractivity contribution in [3.05, 3.63) is 35.0 Å². The van der Waals surface area contributed by atoms with Gasteiger partial charge in [0.25, 0.3) is 0 Å². The number of rotatable bonds is 5. The molecule has 0 amide bonds. The molecule has 0 atom stereocenters. The van der Waals surface area contributed by atoms with Gasteiger partial charge in [0, 0.05) is 5.02 Å². The van der Waals surface area contributed by atoms with Crippen LogP contribution in [0.4, 0.5) is 5.82 Å². The Morgan fingerprint density at radius 1 is 1.40 bits per heavy atom. The Bertz CT molecular complexity index is 597. The van der Waals surface area contributed by atoms with Crippen LogP contribution in [0, 0.1) is 0 Å². The Hall–Kier alpha value is -2.28. The number of carbonyl (C=O) groups is 1. The van der Waals surface area contributed by atoms with E-state index >= 15 is 0 Å². The van der Waals surface area contributed by atoms with Crippen molar-refractivity contribution < 1.29 is 14.3 Å². The molecule has 1 heterocycles. The smallest absolute Gasteiger partial charge is 0.362 e. The van der Waals surface area contributed by atoms with E-state index in [1.165, 1.54) is 11.8 Å². The van der Waals surface area contributed by atoms with Crippen LogP contribution in [0.3, 0.4) is 0 Å². The minimum absolute atomic E-state index is 0.000932. The summed E-state index contributed by atoms with van der Waals surface area (Å²) >= 11 is 5.77. The largest absolute Gasteiger partial charge is 0.492 e. The van der Waals surface area contributed by atoms with E-state index in [1.807, 2.05) is 0 Å². The molecule has 0 aliphatic rings. The van der Waals surface area contributed by atoms with Crippen molar-refractivity contribution in [3.8, 4) is 5.75 Å². The molecule has 2 rings (SSSR count). The minimum Gasteiger partial charge on any atom is -0.492 e.